The van der Waals surface area contributed by atoms with Crippen LogP contribution in [0, 0.1) is 5.41 Å². The van der Waals surface area contributed by atoms with Crippen LogP contribution in [-0.4, -0.2) is 15.2 Å². The molecule has 0 aromatic carbocycles. The van der Waals surface area contributed by atoms with Crippen molar-refractivity contribution in [3.8, 4) is 0 Å². The van der Waals surface area contributed by atoms with Crippen molar-refractivity contribution in [2.45, 2.75) is 46.3 Å². The zero-order valence-corrected chi connectivity index (χ0v) is 9.66. The molecule has 0 spiro atoms. The topological polar surface area (TPSA) is 29.4 Å². The van der Waals surface area contributed by atoms with Gasteiger partial charge in [-0.2, -0.15) is 4.40 Å². The van der Waals surface area contributed by atoms with Crippen molar-refractivity contribution in [3.05, 3.63) is 0 Å². The van der Waals surface area contributed by atoms with E-state index in [1.165, 1.54) is 0 Å². The van der Waals surface area contributed by atoms with Crippen molar-refractivity contribution in [2.75, 3.05) is 0 Å². The van der Waals surface area contributed by atoms with E-state index in [-0.39, 0.29) is 10.2 Å². The van der Waals surface area contributed by atoms with Gasteiger partial charge in [0.15, 0.2) is 0 Å². The van der Waals surface area contributed by atoms with Gasteiger partial charge in [-0.15, -0.1) is 0 Å². The Bertz CT molecular complexity index is 196. The number of rotatable bonds is 1. The third-order valence-electron chi connectivity index (χ3n) is 1.06. The average molecular weight is 189 g/mol. The predicted octanol–water partition coefficient (Wildman–Crippen LogP) is 2.57. The first-order valence-corrected chi connectivity index (χ1v) is 5.21. The molecule has 0 saturated heterocycles. The molecule has 0 aromatic rings. The van der Waals surface area contributed by atoms with Crippen LogP contribution in [0.25, 0.3) is 0 Å². The third-order valence-corrected chi connectivity index (χ3v) is 2.40. The van der Waals surface area contributed by atoms with Gasteiger partial charge in [-0.3, -0.25) is 0 Å². The van der Waals surface area contributed by atoms with E-state index in [0.717, 1.165) is 0 Å². The van der Waals surface area contributed by atoms with Crippen LogP contribution in [0.1, 0.15) is 41.5 Å². The summed E-state index contributed by atoms with van der Waals surface area (Å²) in [5.41, 5.74) is 0.0148. The van der Waals surface area contributed by atoms with Gasteiger partial charge in [0.1, 0.15) is 11.0 Å². The maximum absolute atomic E-state index is 11.4. The van der Waals surface area contributed by atoms with Crippen molar-refractivity contribution in [3.63, 3.8) is 0 Å². The molecule has 2 nitrogen and oxygen atoms in total. The molecule has 0 amide bonds. The normalized spacial score (nSPS) is 16.8. The zero-order chi connectivity index (χ0) is 9.99. The highest BCUT2D eigenvalue weighted by molar-refractivity contribution is 7.85. The Balaban J connectivity index is 4.30. The second-order valence-electron chi connectivity index (χ2n) is 4.96. The Morgan fingerprint density at radius 1 is 1.08 bits per heavy atom. The minimum atomic E-state index is -1.11. The molecule has 0 N–H and O–H groups in total. The average Bonchev–Trinajstić information content (AvgIpc) is 1.78. The lowest BCUT2D eigenvalue weighted by Gasteiger charge is -2.15. The fourth-order valence-electron chi connectivity index (χ4n) is 0.364. The standard InChI is InChI=1S/C9H19NOS/c1-8(2,3)7-10-12(11)9(4,5)6/h7H,1-6H3/b10-7-. The molecule has 1 unspecified atom stereocenters. The molecule has 3 heteroatoms. The molecule has 0 aliphatic heterocycles. The summed E-state index contributed by atoms with van der Waals surface area (Å²) in [7, 11) is -1.11. The van der Waals surface area contributed by atoms with Crippen LogP contribution in [0.3, 0.4) is 0 Å². The summed E-state index contributed by atoms with van der Waals surface area (Å²) in [5.74, 6) is 0. The lowest BCUT2D eigenvalue weighted by atomic mass is 10.00. The van der Waals surface area contributed by atoms with Crippen LogP contribution in [0.5, 0.6) is 0 Å². The van der Waals surface area contributed by atoms with Gasteiger partial charge < -0.3 is 0 Å². The van der Waals surface area contributed by atoms with Crippen LogP contribution in [0.15, 0.2) is 4.40 Å². The molecule has 0 aromatic heterocycles. The lowest BCUT2D eigenvalue weighted by Crippen LogP contribution is -2.20. The summed E-state index contributed by atoms with van der Waals surface area (Å²) in [4.78, 5) is 0. The minimum Gasteiger partial charge on any atom is -0.234 e. The van der Waals surface area contributed by atoms with Gasteiger partial charge in [-0.25, -0.2) is 4.21 Å². The molecule has 0 rings (SSSR count). The van der Waals surface area contributed by atoms with Gasteiger partial charge in [0.05, 0.1) is 4.75 Å². The summed E-state index contributed by atoms with van der Waals surface area (Å²) in [5, 5.41) is 0. The summed E-state index contributed by atoms with van der Waals surface area (Å²) >= 11 is 0. The van der Waals surface area contributed by atoms with E-state index in [4.69, 9.17) is 0 Å². The second kappa shape index (κ2) is 3.69. The molecule has 0 fully saturated rings. The van der Waals surface area contributed by atoms with Crippen molar-refractivity contribution in [2.24, 2.45) is 9.81 Å². The lowest BCUT2D eigenvalue weighted by molar-refractivity contribution is 0.606. The van der Waals surface area contributed by atoms with E-state index in [1.807, 2.05) is 41.5 Å². The predicted molar refractivity (Wildman–Crippen MR) is 55.8 cm³/mol. The minimum absolute atomic E-state index is 0.0148. The molecule has 0 heterocycles. The van der Waals surface area contributed by atoms with E-state index in [1.54, 1.807) is 6.21 Å². The van der Waals surface area contributed by atoms with Gasteiger partial charge in [-0.1, -0.05) is 20.8 Å². The molecule has 0 saturated carbocycles. The smallest absolute Gasteiger partial charge is 0.144 e. The molecular weight excluding hydrogens is 170 g/mol. The zero-order valence-electron chi connectivity index (χ0n) is 8.84. The van der Waals surface area contributed by atoms with Gasteiger partial charge in [-0.05, 0) is 26.2 Å². The van der Waals surface area contributed by atoms with Crippen molar-refractivity contribution < 1.29 is 4.21 Å². The number of hydrogen-bond acceptors (Lipinski definition) is 1. The summed E-state index contributed by atoms with van der Waals surface area (Å²) in [6.07, 6.45) is 1.76. The van der Waals surface area contributed by atoms with Crippen LogP contribution in [0.4, 0.5) is 0 Å². The maximum atomic E-state index is 11.4. The highest BCUT2D eigenvalue weighted by atomic mass is 32.2. The Morgan fingerprint density at radius 2 is 1.50 bits per heavy atom. The van der Waals surface area contributed by atoms with E-state index in [9.17, 15) is 4.21 Å². The molecule has 0 radical (unpaired) electrons. The molecular formula is C9H19NOS. The van der Waals surface area contributed by atoms with Gasteiger partial charge in [0.2, 0.25) is 0 Å². The van der Waals surface area contributed by atoms with E-state index < -0.39 is 11.0 Å². The van der Waals surface area contributed by atoms with Crippen LogP contribution in [0.2, 0.25) is 0 Å². The highest BCUT2D eigenvalue weighted by Crippen LogP contribution is 2.14. The Labute approximate surface area is 78.1 Å². The molecule has 12 heavy (non-hydrogen) atoms. The first-order chi connectivity index (χ1) is 5.13. The van der Waals surface area contributed by atoms with Crippen molar-refractivity contribution in [1.82, 2.24) is 0 Å². The molecule has 0 bridgehead atoms. The van der Waals surface area contributed by atoms with Crippen molar-refractivity contribution >= 4 is 17.2 Å². The quantitative estimate of drug-likeness (QED) is 0.583. The molecule has 0 aliphatic rings. The Kier molecular flexibility index (Phi) is 3.63. The largest absolute Gasteiger partial charge is 0.234 e. The van der Waals surface area contributed by atoms with Crippen LogP contribution >= 0.6 is 0 Å². The first kappa shape index (κ1) is 11.8. The second-order valence-corrected chi connectivity index (χ2v) is 6.90. The van der Waals surface area contributed by atoms with E-state index in [0.29, 0.717) is 0 Å². The van der Waals surface area contributed by atoms with Gasteiger partial charge in [0, 0.05) is 6.21 Å². The van der Waals surface area contributed by atoms with Crippen molar-refractivity contribution in [1.29, 1.82) is 0 Å². The number of hydrogen-bond donors (Lipinski definition) is 0. The third kappa shape index (κ3) is 5.47. The molecule has 72 valence electrons. The fraction of sp³-hybridized carbons (Fsp3) is 0.889. The summed E-state index contributed by atoms with van der Waals surface area (Å²) < 4.78 is 15.2. The Hall–Kier alpha value is -0.180. The van der Waals surface area contributed by atoms with Gasteiger partial charge >= 0.3 is 0 Å². The SMILES string of the molecule is CC(C)(C)/C=N\S(=O)C(C)(C)C. The van der Waals surface area contributed by atoms with Gasteiger partial charge in [0.25, 0.3) is 0 Å². The molecule has 1 atom stereocenters. The fourth-order valence-corrected chi connectivity index (χ4v) is 1.09. The number of nitrogens with zero attached hydrogens (tertiary/aromatic N) is 1. The van der Waals surface area contributed by atoms with E-state index >= 15 is 0 Å². The first-order valence-electron chi connectivity index (χ1n) is 4.10. The summed E-state index contributed by atoms with van der Waals surface area (Å²) in [6, 6.07) is 0. The highest BCUT2D eigenvalue weighted by Gasteiger charge is 2.19. The maximum Gasteiger partial charge on any atom is 0.144 e. The Morgan fingerprint density at radius 3 is 1.75 bits per heavy atom. The monoisotopic (exact) mass is 189 g/mol. The van der Waals surface area contributed by atoms with Crippen LogP contribution < -0.4 is 0 Å². The van der Waals surface area contributed by atoms with Crippen LogP contribution in [-0.2, 0) is 11.0 Å². The summed E-state index contributed by atoms with van der Waals surface area (Å²) in [6.45, 7) is 11.9. The van der Waals surface area contributed by atoms with E-state index in [2.05, 4.69) is 4.40 Å². The molecule has 0 aliphatic carbocycles.